The SMILES string of the molecule is Cc1ccc(-c2cccc(C(N)=[N+](Cc3ccccc3)c3ccccc3)c2)cc1. The Labute approximate surface area is 172 Å². The van der Waals surface area contributed by atoms with E-state index < -0.39 is 0 Å². The average molecular weight is 378 g/mol. The van der Waals surface area contributed by atoms with Crippen LogP contribution in [-0.4, -0.2) is 10.4 Å². The van der Waals surface area contributed by atoms with Crippen LogP contribution in [-0.2, 0) is 6.54 Å². The minimum atomic E-state index is 0.714. The van der Waals surface area contributed by atoms with E-state index in [2.05, 4.69) is 96.4 Å². The Hall–Kier alpha value is -3.65. The molecule has 2 N–H and O–H groups in total. The normalized spacial score (nSPS) is 11.8. The monoisotopic (exact) mass is 377 g/mol. The van der Waals surface area contributed by atoms with Crippen molar-refractivity contribution in [1.29, 1.82) is 0 Å². The molecule has 0 bridgehead atoms. The van der Waals surface area contributed by atoms with E-state index in [0.29, 0.717) is 6.54 Å². The molecule has 0 saturated carbocycles. The molecule has 0 saturated heterocycles. The van der Waals surface area contributed by atoms with Gasteiger partial charge in [0.15, 0.2) is 0 Å². The number of hydrogen-bond donors (Lipinski definition) is 1. The fourth-order valence-electron chi connectivity index (χ4n) is 3.45. The van der Waals surface area contributed by atoms with Gasteiger partial charge < -0.3 is 0 Å². The van der Waals surface area contributed by atoms with Crippen molar-refractivity contribution in [3.63, 3.8) is 0 Å². The largest absolute Gasteiger partial charge is 0.286 e. The number of aryl methyl sites for hydroxylation is 1. The Morgan fingerprint density at radius 1 is 0.690 bits per heavy atom. The second-order valence-electron chi connectivity index (χ2n) is 7.24. The third kappa shape index (κ3) is 4.44. The van der Waals surface area contributed by atoms with Gasteiger partial charge in [0.05, 0.1) is 5.56 Å². The van der Waals surface area contributed by atoms with Crippen LogP contribution < -0.4 is 5.73 Å². The number of nitrogens with two attached hydrogens (primary N) is 1. The van der Waals surface area contributed by atoms with Gasteiger partial charge in [0.25, 0.3) is 5.84 Å². The highest BCUT2D eigenvalue weighted by Crippen LogP contribution is 2.22. The lowest BCUT2D eigenvalue weighted by Gasteiger charge is -2.11. The fourth-order valence-corrected chi connectivity index (χ4v) is 3.45. The highest BCUT2D eigenvalue weighted by molar-refractivity contribution is 5.95. The van der Waals surface area contributed by atoms with Crippen molar-refractivity contribution >= 4 is 11.5 Å². The molecule has 0 aliphatic carbocycles. The summed E-state index contributed by atoms with van der Waals surface area (Å²) >= 11 is 0. The van der Waals surface area contributed by atoms with Crippen molar-refractivity contribution in [2.45, 2.75) is 13.5 Å². The molecule has 2 nitrogen and oxygen atoms in total. The summed E-state index contributed by atoms with van der Waals surface area (Å²) in [6.45, 7) is 2.82. The van der Waals surface area contributed by atoms with E-state index >= 15 is 0 Å². The molecular formula is C27H25N2+. The minimum absolute atomic E-state index is 0.714. The van der Waals surface area contributed by atoms with Crippen molar-refractivity contribution in [2.24, 2.45) is 5.73 Å². The van der Waals surface area contributed by atoms with Crippen LogP contribution in [0.5, 0.6) is 0 Å². The van der Waals surface area contributed by atoms with Crippen LogP contribution in [0.2, 0.25) is 0 Å². The lowest BCUT2D eigenvalue weighted by Crippen LogP contribution is -2.26. The summed E-state index contributed by atoms with van der Waals surface area (Å²) in [7, 11) is 0. The van der Waals surface area contributed by atoms with E-state index in [1.54, 1.807) is 0 Å². The molecule has 2 heteroatoms. The summed E-state index contributed by atoms with van der Waals surface area (Å²) in [5, 5.41) is 0. The van der Waals surface area contributed by atoms with Crippen LogP contribution in [0.4, 0.5) is 5.69 Å². The summed E-state index contributed by atoms with van der Waals surface area (Å²) < 4.78 is 2.17. The van der Waals surface area contributed by atoms with E-state index in [4.69, 9.17) is 5.73 Å². The van der Waals surface area contributed by atoms with Crippen molar-refractivity contribution in [3.8, 4) is 11.1 Å². The molecule has 29 heavy (non-hydrogen) atoms. The number of hydrogen-bond acceptors (Lipinski definition) is 0. The van der Waals surface area contributed by atoms with Crippen LogP contribution in [0.3, 0.4) is 0 Å². The topological polar surface area (TPSA) is 29.0 Å². The molecule has 0 spiro atoms. The Morgan fingerprint density at radius 3 is 2.03 bits per heavy atom. The Morgan fingerprint density at radius 2 is 1.34 bits per heavy atom. The molecule has 0 aromatic heterocycles. The zero-order chi connectivity index (χ0) is 20.1. The predicted molar refractivity (Wildman–Crippen MR) is 121 cm³/mol. The number of nitrogens with zero attached hydrogens (tertiary/aromatic N) is 1. The maximum Gasteiger partial charge on any atom is 0.280 e. The van der Waals surface area contributed by atoms with Gasteiger partial charge in [0, 0.05) is 0 Å². The van der Waals surface area contributed by atoms with E-state index in [0.717, 1.165) is 22.6 Å². The van der Waals surface area contributed by atoms with Gasteiger partial charge in [-0.3, -0.25) is 5.73 Å². The van der Waals surface area contributed by atoms with Crippen LogP contribution in [0.15, 0.2) is 109 Å². The van der Waals surface area contributed by atoms with E-state index in [-0.39, 0.29) is 0 Å². The molecule has 4 rings (SSSR count). The molecule has 0 amide bonds. The number of amidine groups is 1. The molecule has 0 radical (unpaired) electrons. The first kappa shape index (κ1) is 18.7. The molecular weight excluding hydrogens is 352 g/mol. The van der Waals surface area contributed by atoms with Crippen LogP contribution in [0.25, 0.3) is 11.1 Å². The van der Waals surface area contributed by atoms with Gasteiger partial charge in [-0.25, -0.2) is 4.58 Å². The molecule has 0 aliphatic rings. The summed E-state index contributed by atoms with van der Waals surface area (Å²) in [6, 6.07) is 37.8. The van der Waals surface area contributed by atoms with Gasteiger partial charge in [-0.2, -0.15) is 0 Å². The summed E-state index contributed by atoms with van der Waals surface area (Å²) in [5.41, 5.74) is 13.7. The second-order valence-corrected chi connectivity index (χ2v) is 7.24. The van der Waals surface area contributed by atoms with E-state index in [1.165, 1.54) is 16.7 Å². The summed E-state index contributed by atoms with van der Waals surface area (Å²) in [6.07, 6.45) is 0. The summed E-state index contributed by atoms with van der Waals surface area (Å²) in [5.74, 6) is 0.744. The fraction of sp³-hybridized carbons (Fsp3) is 0.0741. The van der Waals surface area contributed by atoms with Gasteiger partial charge in [0.2, 0.25) is 0 Å². The predicted octanol–water partition coefficient (Wildman–Crippen LogP) is 5.91. The van der Waals surface area contributed by atoms with E-state index in [9.17, 15) is 0 Å². The molecule has 4 aromatic rings. The minimum Gasteiger partial charge on any atom is -0.286 e. The third-order valence-electron chi connectivity index (χ3n) is 5.09. The smallest absolute Gasteiger partial charge is 0.280 e. The standard InChI is InChI=1S/C27H24N2/c1-21-15-17-23(18-16-21)24-11-8-12-25(19-24)27(28)29(26-13-6-3-7-14-26)20-22-9-4-2-5-10-22/h2-19,28H,20H2,1H3/p+1. The van der Waals surface area contributed by atoms with E-state index in [1.807, 2.05) is 24.3 Å². The van der Waals surface area contributed by atoms with Crippen LogP contribution >= 0.6 is 0 Å². The van der Waals surface area contributed by atoms with Gasteiger partial charge in [-0.1, -0.05) is 90.5 Å². The second kappa shape index (κ2) is 8.57. The molecule has 0 atom stereocenters. The maximum atomic E-state index is 6.73. The molecule has 0 unspecified atom stereocenters. The first-order valence-electron chi connectivity index (χ1n) is 9.87. The highest BCUT2D eigenvalue weighted by atomic mass is 15.1. The number of benzene rings is 4. The summed E-state index contributed by atoms with van der Waals surface area (Å²) in [4.78, 5) is 0. The lowest BCUT2D eigenvalue weighted by atomic mass is 10.0. The Balaban J connectivity index is 1.79. The molecule has 0 heterocycles. The quantitative estimate of drug-likeness (QED) is 0.261. The molecule has 4 aromatic carbocycles. The van der Waals surface area contributed by atoms with Crippen molar-refractivity contribution in [1.82, 2.24) is 0 Å². The van der Waals surface area contributed by atoms with Gasteiger partial charge in [-0.15, -0.1) is 0 Å². The molecule has 0 fully saturated rings. The third-order valence-corrected chi connectivity index (χ3v) is 5.09. The lowest BCUT2D eigenvalue weighted by molar-refractivity contribution is -0.458. The average Bonchev–Trinajstić information content (AvgIpc) is 2.79. The highest BCUT2D eigenvalue weighted by Gasteiger charge is 2.15. The zero-order valence-corrected chi connectivity index (χ0v) is 16.6. The van der Waals surface area contributed by atoms with Gasteiger partial charge in [0.1, 0.15) is 12.2 Å². The molecule has 142 valence electrons. The maximum absolute atomic E-state index is 6.73. The Bertz CT molecular complexity index is 1110. The van der Waals surface area contributed by atoms with Crippen molar-refractivity contribution in [2.75, 3.05) is 0 Å². The molecule has 0 aliphatic heterocycles. The van der Waals surface area contributed by atoms with Crippen LogP contribution in [0.1, 0.15) is 16.7 Å². The zero-order valence-electron chi connectivity index (χ0n) is 16.6. The van der Waals surface area contributed by atoms with Crippen molar-refractivity contribution in [3.05, 3.63) is 126 Å². The van der Waals surface area contributed by atoms with Crippen LogP contribution in [0, 0.1) is 6.92 Å². The number of rotatable bonds is 5. The van der Waals surface area contributed by atoms with Crippen molar-refractivity contribution < 1.29 is 4.58 Å². The van der Waals surface area contributed by atoms with Gasteiger partial charge >= 0.3 is 0 Å². The first-order valence-corrected chi connectivity index (χ1v) is 9.87. The Kier molecular flexibility index (Phi) is 5.53. The van der Waals surface area contributed by atoms with Gasteiger partial charge in [-0.05, 0) is 47.9 Å². The number of para-hydroxylation sites is 1. The first-order chi connectivity index (χ1) is 14.2.